The van der Waals surface area contributed by atoms with Crippen LogP contribution in [0.5, 0.6) is 0 Å². The third-order valence-corrected chi connectivity index (χ3v) is 8.38. The summed E-state index contributed by atoms with van der Waals surface area (Å²) in [7, 11) is 0. The molecule has 57 heavy (non-hydrogen) atoms. The molecule has 4 radical (unpaired) electrons. The summed E-state index contributed by atoms with van der Waals surface area (Å²) in [6.07, 6.45) is 0. The van der Waals surface area contributed by atoms with Crippen LogP contribution >= 0.6 is 0 Å². The van der Waals surface area contributed by atoms with Crippen LogP contribution in [0, 0.1) is 41.8 Å². The van der Waals surface area contributed by atoms with E-state index < -0.39 is 0 Å². The van der Waals surface area contributed by atoms with E-state index in [0.717, 1.165) is 0 Å². The normalized spacial score (nSPS) is 10.4. The van der Waals surface area contributed by atoms with Crippen LogP contribution in [0.4, 0.5) is 0 Å². The van der Waals surface area contributed by atoms with E-state index >= 15 is 0 Å². The molecule has 0 spiro atoms. The molecule has 0 atom stereocenters. The van der Waals surface area contributed by atoms with E-state index in [-0.39, 0.29) is 157 Å². The maximum Gasteiger partial charge on any atom is 2.00 e. The van der Waals surface area contributed by atoms with E-state index in [1.165, 1.54) is 33.4 Å². The fourth-order valence-corrected chi connectivity index (χ4v) is 4.70. The summed E-state index contributed by atoms with van der Waals surface area (Å²) >= 11 is 0. The Hall–Kier alpha value is -0.0940. The van der Waals surface area contributed by atoms with Gasteiger partial charge in [0.25, 0.3) is 0 Å². The second-order valence-corrected chi connectivity index (χ2v) is 19.2. The second kappa shape index (κ2) is 32.6. The third-order valence-electron chi connectivity index (χ3n) is 8.38. The maximum atomic E-state index is 3.00. The van der Waals surface area contributed by atoms with Gasteiger partial charge in [0.15, 0.2) is 0 Å². The molecule has 0 saturated heterocycles. The van der Waals surface area contributed by atoms with Crippen molar-refractivity contribution in [1.82, 2.24) is 0 Å². The molecule has 0 aliphatic heterocycles. The van der Waals surface area contributed by atoms with Gasteiger partial charge in [-0.2, -0.15) is 71.8 Å². The van der Waals surface area contributed by atoms with Crippen molar-refractivity contribution in [3.05, 3.63) is 172 Å². The van der Waals surface area contributed by atoms with E-state index in [9.17, 15) is 0 Å². The van der Waals surface area contributed by atoms with Gasteiger partial charge in [0.2, 0.25) is 0 Å². The van der Waals surface area contributed by atoms with Crippen LogP contribution in [0.15, 0.2) is 97.1 Å². The SMILES string of the molecule is CC(C)(C)c1cc[c-]cc1.CC(C)(C)c1cc[c-]cc1.CC(C)(C)c1ccc(C(C)(C)C)cc1.CC(C)(C)c1cccc(C(C)(C)C)c1.[CH3-].[CH3-].[CH3-].[CH3-].[V].[V].[V].[V].[W+2]. The summed E-state index contributed by atoms with van der Waals surface area (Å²) in [6, 6.07) is 40.2. The van der Waals surface area contributed by atoms with Gasteiger partial charge in [-0.15, -0.1) is 0 Å². The molecule has 0 aromatic heterocycles. The third kappa shape index (κ3) is 31.4. The molecule has 0 aliphatic rings. The van der Waals surface area contributed by atoms with Gasteiger partial charge < -0.3 is 29.7 Å². The average molecular weight is 1090 g/mol. The topological polar surface area (TPSA) is 0 Å². The average Bonchev–Trinajstić information content (AvgIpc) is 2.97. The number of hydrogen-bond acceptors (Lipinski definition) is 0. The fourth-order valence-electron chi connectivity index (χ4n) is 4.70. The Labute approximate surface area is 420 Å². The van der Waals surface area contributed by atoms with Gasteiger partial charge in [-0.25, -0.2) is 0 Å². The van der Waals surface area contributed by atoms with Gasteiger partial charge in [0, 0.05) is 74.2 Å². The minimum Gasteiger partial charge on any atom is -0.358 e. The van der Waals surface area contributed by atoms with Crippen LogP contribution in [-0.2, 0) is 128 Å². The summed E-state index contributed by atoms with van der Waals surface area (Å²) in [6.45, 7) is 40.3. The maximum absolute atomic E-state index is 3.00. The number of benzene rings is 4. The minimum atomic E-state index is 0. The Morgan fingerprint density at radius 3 is 0.614 bits per heavy atom. The zero-order valence-electron chi connectivity index (χ0n) is 40.4. The monoisotopic (exact) mass is 1090 g/mol. The summed E-state index contributed by atoms with van der Waals surface area (Å²) in [5, 5.41) is 0. The fraction of sp³-hybridized carbons (Fsp3) is 0.462. The molecule has 5 heteroatoms. The predicted molar refractivity (Wildman–Crippen MR) is 241 cm³/mol. The first-order chi connectivity index (χ1) is 21.6. The molecule has 0 unspecified atom stereocenters. The van der Waals surface area contributed by atoms with Crippen LogP contribution in [-0.4, -0.2) is 0 Å². The second-order valence-electron chi connectivity index (χ2n) is 19.2. The minimum absolute atomic E-state index is 0. The Morgan fingerprint density at radius 1 is 0.281 bits per heavy atom. The van der Waals surface area contributed by atoms with Crippen molar-refractivity contribution in [1.29, 1.82) is 0 Å². The molecule has 0 N–H and O–H groups in total. The van der Waals surface area contributed by atoms with Crippen LogP contribution in [0.3, 0.4) is 0 Å². The van der Waals surface area contributed by atoms with E-state index in [4.69, 9.17) is 0 Å². The van der Waals surface area contributed by atoms with Gasteiger partial charge in [-0.3, -0.25) is 0 Å². The molecule has 0 fully saturated rings. The first kappa shape index (κ1) is 77.5. The smallest absolute Gasteiger partial charge is 0.358 e. The Morgan fingerprint density at radius 2 is 0.456 bits per heavy atom. The molecular formula is C52H82V4W-4. The van der Waals surface area contributed by atoms with Gasteiger partial charge >= 0.3 is 21.1 Å². The van der Waals surface area contributed by atoms with Gasteiger partial charge in [0.1, 0.15) is 0 Å². The predicted octanol–water partition coefficient (Wildman–Crippen LogP) is 15.9. The van der Waals surface area contributed by atoms with Crippen molar-refractivity contribution in [3.63, 3.8) is 0 Å². The number of rotatable bonds is 0. The van der Waals surface area contributed by atoms with Gasteiger partial charge in [-0.1, -0.05) is 173 Å². The van der Waals surface area contributed by atoms with Crippen molar-refractivity contribution >= 4 is 0 Å². The zero-order chi connectivity index (χ0) is 37.2. The summed E-state index contributed by atoms with van der Waals surface area (Å²) in [4.78, 5) is 0. The zero-order valence-corrected chi connectivity index (χ0v) is 49.0. The van der Waals surface area contributed by atoms with E-state index in [0.29, 0.717) is 0 Å². The van der Waals surface area contributed by atoms with Gasteiger partial charge in [-0.05, 0) is 54.7 Å². The molecular weight excluding hydrogens is 1010 g/mol. The molecule has 0 aliphatic carbocycles. The molecule has 0 saturated carbocycles. The Balaban J connectivity index is -0.0000000738. The molecule has 0 nitrogen and oxygen atoms in total. The van der Waals surface area contributed by atoms with Crippen molar-refractivity contribution in [3.8, 4) is 0 Å². The van der Waals surface area contributed by atoms with E-state index in [1.54, 1.807) is 0 Å². The van der Waals surface area contributed by atoms with Crippen molar-refractivity contribution in [2.24, 2.45) is 0 Å². The number of hydrogen-bond donors (Lipinski definition) is 0. The quantitative estimate of drug-likeness (QED) is 0.154. The van der Waals surface area contributed by atoms with Crippen molar-refractivity contribution in [2.45, 2.75) is 157 Å². The summed E-state index contributed by atoms with van der Waals surface area (Å²) in [5.41, 5.74) is 9.96. The van der Waals surface area contributed by atoms with Crippen LogP contribution < -0.4 is 0 Å². The van der Waals surface area contributed by atoms with Crippen molar-refractivity contribution < 1.29 is 95.3 Å². The largest absolute Gasteiger partial charge is 2.00 e. The van der Waals surface area contributed by atoms with Crippen LogP contribution in [0.25, 0.3) is 0 Å². The Kier molecular flexibility index (Phi) is 44.3. The molecule has 0 bridgehead atoms. The standard InChI is InChI=1S/2C14H22.2C10H13.4CH3.4V.W/c1-13(2,3)11-7-9-12(10-8-11)14(4,5)6;1-13(2,3)11-8-7-9-12(10-11)14(4,5)6;2*1-10(2,3)9-7-5-4-6-8-9;;;;;;;;;/h2*7-10H,1-6H3;2*5-8H,1-3H3;4*1H3;;;;;/q;;6*-1;;;;;+2. The van der Waals surface area contributed by atoms with Crippen LogP contribution in [0.1, 0.15) is 158 Å². The molecule has 4 rings (SSSR count). The van der Waals surface area contributed by atoms with Gasteiger partial charge in [0.05, 0.1) is 0 Å². The molecule has 4 aromatic rings. The van der Waals surface area contributed by atoms with E-state index in [1.807, 2.05) is 24.3 Å². The molecule has 4 aromatic carbocycles. The summed E-state index contributed by atoms with van der Waals surface area (Å²) in [5.74, 6) is 0. The molecule has 0 heterocycles. The molecule has 320 valence electrons. The molecule has 0 amide bonds. The summed E-state index contributed by atoms with van der Waals surface area (Å²) < 4.78 is 0. The van der Waals surface area contributed by atoms with E-state index in [2.05, 4.69) is 210 Å². The first-order valence-electron chi connectivity index (χ1n) is 17.8. The van der Waals surface area contributed by atoms with Crippen molar-refractivity contribution in [2.75, 3.05) is 0 Å². The Bertz CT molecular complexity index is 1360. The first-order valence-corrected chi connectivity index (χ1v) is 17.8. The van der Waals surface area contributed by atoms with Crippen LogP contribution in [0.2, 0.25) is 0 Å².